The van der Waals surface area contributed by atoms with E-state index < -0.39 is 0 Å². The van der Waals surface area contributed by atoms with Gasteiger partial charge in [-0.2, -0.15) is 0 Å². The number of piperidine rings is 1. The van der Waals surface area contributed by atoms with E-state index in [-0.39, 0.29) is 23.7 Å². The van der Waals surface area contributed by atoms with Gasteiger partial charge in [0.1, 0.15) is 6.10 Å². The number of nitrogens with one attached hydrogen (secondary N) is 1. The molecule has 62 heavy (non-hydrogen) atoms. The number of unbranched alkanes of at least 4 members (excludes halogenated alkanes) is 9. The second kappa shape index (κ2) is 27.8. The molecule has 4 fully saturated rings. The Kier molecular flexibility index (Phi) is 23.0. The lowest BCUT2D eigenvalue weighted by molar-refractivity contribution is -0.0583. The van der Waals surface area contributed by atoms with E-state index in [1.54, 1.807) is 5.57 Å². The first-order valence-corrected chi connectivity index (χ1v) is 27.0. The standard InChI is InChI=1S/C56H98N2O4/c1-7-8-9-10-11-12-13-14-15-16-17-18-19-20-21-25-40-60-44-49(43-58-38-23-22-24-39-58)61-41-37-57-54(59)62-48-33-35-55(5)47(42-48)29-30-50-52-32-31-51(46(4)28-26-27-45(2)3)56(52,6)36-34-53(50)55/h11-12,14-15,29,45-46,48-53H,7-10,13,16-28,30-44H2,1-6H3,(H,57,59)/t46-,48+,49?,50+,51-,52+,53+,55+,56-/m1/s1. The van der Waals surface area contributed by atoms with Gasteiger partial charge in [0.15, 0.2) is 0 Å². The van der Waals surface area contributed by atoms with Crippen LogP contribution in [0.5, 0.6) is 0 Å². The summed E-state index contributed by atoms with van der Waals surface area (Å²) in [6.07, 6.45) is 44.8. The molecule has 0 spiro atoms. The average molecular weight is 863 g/mol. The number of allylic oxidation sites excluding steroid dienone is 5. The summed E-state index contributed by atoms with van der Waals surface area (Å²) in [6.45, 7) is 20.4. The van der Waals surface area contributed by atoms with Crippen molar-refractivity contribution < 1.29 is 19.0 Å². The van der Waals surface area contributed by atoms with E-state index in [0.717, 1.165) is 93.9 Å². The second-order valence-corrected chi connectivity index (χ2v) is 22.0. The molecular weight excluding hydrogens is 765 g/mol. The first kappa shape index (κ1) is 51.4. The average Bonchev–Trinajstić information content (AvgIpc) is 3.62. The highest BCUT2D eigenvalue weighted by molar-refractivity contribution is 5.67. The fraction of sp³-hybridized carbons (Fsp3) is 0.875. The zero-order chi connectivity index (χ0) is 44.0. The minimum Gasteiger partial charge on any atom is -0.446 e. The largest absolute Gasteiger partial charge is 0.446 e. The highest BCUT2D eigenvalue weighted by atomic mass is 16.6. The lowest BCUT2D eigenvalue weighted by atomic mass is 9.47. The van der Waals surface area contributed by atoms with Crippen molar-refractivity contribution in [2.24, 2.45) is 46.3 Å². The lowest BCUT2D eigenvalue weighted by Gasteiger charge is -2.58. The number of rotatable bonds is 29. The molecule has 9 atom stereocenters. The van der Waals surface area contributed by atoms with Gasteiger partial charge in [0.25, 0.3) is 0 Å². The highest BCUT2D eigenvalue weighted by Gasteiger charge is 2.59. The molecule has 4 aliphatic carbocycles. The van der Waals surface area contributed by atoms with E-state index in [0.29, 0.717) is 25.2 Å². The van der Waals surface area contributed by atoms with Gasteiger partial charge in [-0.15, -0.1) is 0 Å². The van der Waals surface area contributed by atoms with Gasteiger partial charge in [0, 0.05) is 26.1 Å². The minimum atomic E-state index is -0.286. The van der Waals surface area contributed by atoms with Gasteiger partial charge < -0.3 is 24.4 Å². The Morgan fingerprint density at radius 2 is 1.56 bits per heavy atom. The number of hydrogen-bond donors (Lipinski definition) is 1. The molecule has 1 aliphatic heterocycles. The summed E-state index contributed by atoms with van der Waals surface area (Å²) in [7, 11) is 0. The Morgan fingerprint density at radius 1 is 0.823 bits per heavy atom. The number of amides is 1. The Bertz CT molecular complexity index is 1340. The summed E-state index contributed by atoms with van der Waals surface area (Å²) in [5, 5.41) is 3.04. The van der Waals surface area contributed by atoms with Crippen molar-refractivity contribution in [1.29, 1.82) is 0 Å². The molecule has 1 unspecified atom stereocenters. The van der Waals surface area contributed by atoms with E-state index in [2.05, 4.69) is 82.1 Å². The SMILES string of the molecule is CCCCCC=CCC=CCCCCCCCCOCC(CN1CCCCC1)OCCNC(=O)O[C@H]1CC[C@@]2(C)C(=CC[C@H]3[C@@H]4CC[C@H]([C@H](C)CCCC(C)C)[C@@]4(C)CC[C@@H]32)C1. The summed E-state index contributed by atoms with van der Waals surface area (Å²) in [5.74, 6) is 5.07. The summed E-state index contributed by atoms with van der Waals surface area (Å²) in [5.41, 5.74) is 2.37. The fourth-order valence-corrected chi connectivity index (χ4v) is 13.3. The minimum absolute atomic E-state index is 0.0250. The molecular formula is C56H98N2O4. The topological polar surface area (TPSA) is 60.0 Å². The van der Waals surface area contributed by atoms with Crippen LogP contribution in [0.4, 0.5) is 4.79 Å². The predicted octanol–water partition coefficient (Wildman–Crippen LogP) is 14.8. The summed E-state index contributed by atoms with van der Waals surface area (Å²) in [6, 6.07) is 0. The number of alkyl carbamates (subject to hydrolysis) is 1. The van der Waals surface area contributed by atoms with Crippen LogP contribution in [0.25, 0.3) is 0 Å². The second-order valence-electron chi connectivity index (χ2n) is 22.0. The first-order chi connectivity index (χ1) is 30.1. The van der Waals surface area contributed by atoms with Crippen molar-refractivity contribution in [3.05, 3.63) is 36.0 Å². The van der Waals surface area contributed by atoms with E-state index in [1.165, 1.54) is 135 Å². The van der Waals surface area contributed by atoms with Crippen molar-refractivity contribution in [2.75, 3.05) is 46.0 Å². The van der Waals surface area contributed by atoms with E-state index in [1.807, 2.05) is 0 Å². The summed E-state index contributed by atoms with van der Waals surface area (Å²) in [4.78, 5) is 15.6. The van der Waals surface area contributed by atoms with Gasteiger partial charge in [-0.1, -0.05) is 142 Å². The van der Waals surface area contributed by atoms with Gasteiger partial charge in [0.05, 0.1) is 19.3 Å². The predicted molar refractivity (Wildman–Crippen MR) is 262 cm³/mol. The monoisotopic (exact) mass is 863 g/mol. The van der Waals surface area contributed by atoms with Gasteiger partial charge in [-0.3, -0.25) is 0 Å². The van der Waals surface area contributed by atoms with E-state index >= 15 is 0 Å². The molecule has 5 aliphatic rings. The van der Waals surface area contributed by atoms with E-state index in [4.69, 9.17) is 14.2 Å². The van der Waals surface area contributed by atoms with Crippen LogP contribution >= 0.6 is 0 Å². The molecule has 0 aromatic carbocycles. The van der Waals surface area contributed by atoms with Crippen LogP contribution in [0.3, 0.4) is 0 Å². The van der Waals surface area contributed by atoms with Crippen molar-refractivity contribution in [1.82, 2.24) is 10.2 Å². The maximum atomic E-state index is 13.1. The van der Waals surface area contributed by atoms with Crippen molar-refractivity contribution >= 4 is 6.09 Å². The highest BCUT2D eigenvalue weighted by Crippen LogP contribution is 2.67. The zero-order valence-corrected chi connectivity index (χ0v) is 41.4. The summed E-state index contributed by atoms with van der Waals surface area (Å²) >= 11 is 0. The van der Waals surface area contributed by atoms with Gasteiger partial charge >= 0.3 is 6.09 Å². The smallest absolute Gasteiger partial charge is 0.407 e. The molecule has 0 bridgehead atoms. The van der Waals surface area contributed by atoms with Crippen molar-refractivity contribution in [3.63, 3.8) is 0 Å². The number of hydrogen-bond acceptors (Lipinski definition) is 5. The van der Waals surface area contributed by atoms with Gasteiger partial charge in [-0.05, 0) is 156 Å². The van der Waals surface area contributed by atoms with Gasteiger partial charge in [-0.25, -0.2) is 4.79 Å². The number of ether oxygens (including phenoxy) is 3. The number of nitrogens with zero attached hydrogens (tertiary/aromatic N) is 1. The van der Waals surface area contributed by atoms with Crippen LogP contribution in [-0.4, -0.2) is 69.2 Å². The molecule has 3 saturated carbocycles. The fourth-order valence-electron chi connectivity index (χ4n) is 13.3. The molecule has 356 valence electrons. The quantitative estimate of drug-likeness (QED) is 0.0600. The third-order valence-corrected chi connectivity index (χ3v) is 17.0. The molecule has 0 aromatic heterocycles. The number of fused-ring (bicyclic) bond motifs is 5. The van der Waals surface area contributed by atoms with Crippen molar-refractivity contribution in [3.8, 4) is 0 Å². The number of carbonyl (C=O) groups is 1. The van der Waals surface area contributed by atoms with Crippen LogP contribution in [0.15, 0.2) is 36.0 Å². The van der Waals surface area contributed by atoms with Crippen LogP contribution in [-0.2, 0) is 14.2 Å². The third-order valence-electron chi connectivity index (χ3n) is 17.0. The Hall–Kier alpha value is -1.63. The number of carbonyl (C=O) groups excluding carboxylic acids is 1. The molecule has 0 radical (unpaired) electrons. The number of likely N-dealkylation sites (tertiary alicyclic amines) is 1. The van der Waals surface area contributed by atoms with E-state index in [9.17, 15) is 4.79 Å². The molecule has 6 nitrogen and oxygen atoms in total. The molecule has 6 heteroatoms. The van der Waals surface area contributed by atoms with Gasteiger partial charge in [0.2, 0.25) is 0 Å². The Balaban J connectivity index is 0.949. The van der Waals surface area contributed by atoms with Crippen LogP contribution < -0.4 is 5.32 Å². The van der Waals surface area contributed by atoms with Crippen molar-refractivity contribution in [2.45, 2.75) is 221 Å². The molecule has 1 saturated heterocycles. The lowest BCUT2D eigenvalue weighted by Crippen LogP contribution is -2.51. The first-order valence-electron chi connectivity index (χ1n) is 27.0. The maximum Gasteiger partial charge on any atom is 0.407 e. The Morgan fingerprint density at radius 3 is 2.32 bits per heavy atom. The van der Waals surface area contributed by atoms with Crippen LogP contribution in [0, 0.1) is 46.3 Å². The molecule has 5 rings (SSSR count). The maximum absolute atomic E-state index is 13.1. The Labute approximate surface area is 383 Å². The third kappa shape index (κ3) is 16.1. The zero-order valence-electron chi connectivity index (χ0n) is 41.4. The molecule has 1 N–H and O–H groups in total. The molecule has 1 amide bonds. The van der Waals surface area contributed by atoms with Crippen LogP contribution in [0.1, 0.15) is 208 Å². The summed E-state index contributed by atoms with van der Waals surface area (Å²) < 4.78 is 18.7. The van der Waals surface area contributed by atoms with Crippen LogP contribution in [0.2, 0.25) is 0 Å². The molecule has 1 heterocycles. The normalized spacial score (nSPS) is 30.0. The molecule has 0 aromatic rings.